The van der Waals surface area contributed by atoms with Crippen LogP contribution in [-0.4, -0.2) is 20.9 Å². The van der Waals surface area contributed by atoms with Crippen LogP contribution in [0.3, 0.4) is 0 Å². The molecule has 0 saturated heterocycles. The highest BCUT2D eigenvalue weighted by atomic mass is 32.2. The second kappa shape index (κ2) is 8.36. The summed E-state index contributed by atoms with van der Waals surface area (Å²) in [6, 6.07) is 12.1. The number of amides is 1. The van der Waals surface area contributed by atoms with Gasteiger partial charge < -0.3 is 4.74 Å². The Morgan fingerprint density at radius 1 is 1.12 bits per heavy atom. The fourth-order valence-corrected chi connectivity index (χ4v) is 3.59. The summed E-state index contributed by atoms with van der Waals surface area (Å²) >= 11 is 0. The summed E-state index contributed by atoms with van der Waals surface area (Å²) in [6.07, 6.45) is 0.00752. The molecule has 6 heteroatoms. The first-order chi connectivity index (χ1) is 12.2. The van der Waals surface area contributed by atoms with Crippen LogP contribution in [-0.2, 0) is 21.2 Å². The first-order valence-electron chi connectivity index (χ1n) is 8.61. The summed E-state index contributed by atoms with van der Waals surface area (Å²) in [5.74, 6) is 0.191. The Kier molecular flexibility index (Phi) is 6.42. The van der Waals surface area contributed by atoms with Crippen LogP contribution in [0.1, 0.15) is 43.4 Å². The number of nitrogens with one attached hydrogen (secondary N) is 1. The van der Waals surface area contributed by atoms with Gasteiger partial charge in [0.1, 0.15) is 5.75 Å². The van der Waals surface area contributed by atoms with Crippen molar-refractivity contribution in [2.45, 2.75) is 44.9 Å². The molecule has 0 heterocycles. The van der Waals surface area contributed by atoms with Crippen molar-refractivity contribution >= 4 is 15.9 Å². The van der Waals surface area contributed by atoms with Crippen LogP contribution in [0, 0.1) is 6.92 Å². The maximum Gasteiger partial charge on any atom is 0.264 e. The van der Waals surface area contributed by atoms with Crippen molar-refractivity contribution in [2.24, 2.45) is 0 Å². The highest BCUT2D eigenvalue weighted by Crippen LogP contribution is 2.29. The van der Waals surface area contributed by atoms with Crippen molar-refractivity contribution in [1.29, 1.82) is 0 Å². The van der Waals surface area contributed by atoms with Crippen LogP contribution >= 0.6 is 0 Å². The van der Waals surface area contributed by atoms with Gasteiger partial charge in [0.15, 0.2) is 0 Å². The lowest BCUT2D eigenvalue weighted by molar-refractivity contribution is -0.118. The Morgan fingerprint density at radius 2 is 1.77 bits per heavy atom. The van der Waals surface area contributed by atoms with Gasteiger partial charge in [0.2, 0.25) is 5.91 Å². The standard InChI is InChI=1S/C20H25NO4S/c1-5-25-19-11-10-17(13-18(19)14(2)3)26(23,24)21-20(22)12-16-8-6-15(4)7-9-16/h6-11,13-14H,5,12H2,1-4H3,(H,21,22). The molecule has 0 aliphatic rings. The molecule has 26 heavy (non-hydrogen) atoms. The number of rotatable bonds is 7. The lowest BCUT2D eigenvalue weighted by Crippen LogP contribution is -2.31. The number of sulfonamides is 1. The number of aryl methyl sites for hydroxylation is 1. The molecule has 1 amide bonds. The van der Waals surface area contributed by atoms with Gasteiger partial charge in [-0.1, -0.05) is 43.7 Å². The van der Waals surface area contributed by atoms with Crippen molar-refractivity contribution in [3.63, 3.8) is 0 Å². The summed E-state index contributed by atoms with van der Waals surface area (Å²) in [5, 5.41) is 0. The Bertz CT molecular complexity index is 871. The molecule has 0 spiro atoms. The Balaban J connectivity index is 2.19. The molecule has 5 nitrogen and oxygen atoms in total. The van der Waals surface area contributed by atoms with E-state index in [4.69, 9.17) is 4.74 Å². The topological polar surface area (TPSA) is 72.5 Å². The minimum absolute atomic E-state index is 0.00752. The Morgan fingerprint density at radius 3 is 2.35 bits per heavy atom. The molecule has 0 unspecified atom stereocenters. The number of hydrogen-bond donors (Lipinski definition) is 1. The molecule has 2 rings (SSSR count). The second-order valence-electron chi connectivity index (χ2n) is 6.48. The van der Waals surface area contributed by atoms with Crippen LogP contribution in [0.2, 0.25) is 0 Å². The van der Waals surface area contributed by atoms with E-state index < -0.39 is 15.9 Å². The van der Waals surface area contributed by atoms with Crippen LogP contribution < -0.4 is 9.46 Å². The third-order valence-corrected chi connectivity index (χ3v) is 5.32. The second-order valence-corrected chi connectivity index (χ2v) is 8.16. The fraction of sp³-hybridized carbons (Fsp3) is 0.350. The van der Waals surface area contributed by atoms with E-state index in [1.165, 1.54) is 6.07 Å². The highest BCUT2D eigenvalue weighted by molar-refractivity contribution is 7.90. The molecule has 0 saturated carbocycles. The van der Waals surface area contributed by atoms with Gasteiger partial charge in [0.05, 0.1) is 17.9 Å². The van der Waals surface area contributed by atoms with Crippen molar-refractivity contribution in [3.8, 4) is 5.75 Å². The van der Waals surface area contributed by atoms with Crippen molar-refractivity contribution in [2.75, 3.05) is 6.61 Å². The van der Waals surface area contributed by atoms with Gasteiger partial charge in [0, 0.05) is 0 Å². The monoisotopic (exact) mass is 375 g/mol. The molecule has 0 atom stereocenters. The number of ether oxygens (including phenoxy) is 1. The van der Waals surface area contributed by atoms with E-state index >= 15 is 0 Å². The lowest BCUT2D eigenvalue weighted by atomic mass is 10.0. The van der Waals surface area contributed by atoms with Gasteiger partial charge in [-0.2, -0.15) is 0 Å². The quantitative estimate of drug-likeness (QED) is 0.803. The van der Waals surface area contributed by atoms with Gasteiger partial charge in [-0.05, 0) is 49.1 Å². The average molecular weight is 375 g/mol. The summed E-state index contributed by atoms with van der Waals surface area (Å²) < 4.78 is 32.8. The summed E-state index contributed by atoms with van der Waals surface area (Å²) in [5.41, 5.74) is 2.64. The first-order valence-corrected chi connectivity index (χ1v) is 10.1. The van der Waals surface area contributed by atoms with Crippen molar-refractivity contribution in [3.05, 3.63) is 59.2 Å². The van der Waals surface area contributed by atoms with Gasteiger partial charge >= 0.3 is 0 Å². The molecule has 0 aliphatic carbocycles. The minimum Gasteiger partial charge on any atom is -0.494 e. The van der Waals surface area contributed by atoms with Crippen molar-refractivity contribution in [1.82, 2.24) is 4.72 Å². The molecule has 140 valence electrons. The zero-order valence-corrected chi connectivity index (χ0v) is 16.4. The van der Waals surface area contributed by atoms with Gasteiger partial charge in [-0.25, -0.2) is 13.1 Å². The molecule has 0 fully saturated rings. The fourth-order valence-electron chi connectivity index (χ4n) is 2.57. The molecule has 0 aromatic heterocycles. The van der Waals surface area contributed by atoms with E-state index in [2.05, 4.69) is 4.72 Å². The van der Waals surface area contributed by atoms with Crippen LogP contribution in [0.5, 0.6) is 5.75 Å². The molecular weight excluding hydrogens is 350 g/mol. The van der Waals surface area contributed by atoms with Gasteiger partial charge in [-0.15, -0.1) is 0 Å². The largest absolute Gasteiger partial charge is 0.494 e. The maximum atomic E-state index is 12.6. The zero-order chi connectivity index (χ0) is 19.3. The third-order valence-electron chi connectivity index (χ3n) is 3.95. The number of benzene rings is 2. The van der Waals surface area contributed by atoms with Crippen molar-refractivity contribution < 1.29 is 17.9 Å². The number of hydrogen-bond acceptors (Lipinski definition) is 4. The van der Waals surface area contributed by atoms with Gasteiger partial charge in [-0.3, -0.25) is 4.79 Å². The Hall–Kier alpha value is -2.34. The van der Waals surface area contributed by atoms with E-state index in [1.807, 2.05) is 52.0 Å². The smallest absolute Gasteiger partial charge is 0.264 e. The molecule has 0 radical (unpaired) electrons. The average Bonchev–Trinajstić information content (AvgIpc) is 2.56. The highest BCUT2D eigenvalue weighted by Gasteiger charge is 2.20. The van der Waals surface area contributed by atoms with E-state index in [-0.39, 0.29) is 17.2 Å². The lowest BCUT2D eigenvalue weighted by Gasteiger charge is -2.15. The molecular formula is C20H25NO4S. The zero-order valence-electron chi connectivity index (χ0n) is 15.6. The van der Waals surface area contributed by atoms with Crippen LogP contribution in [0.15, 0.2) is 47.4 Å². The van der Waals surface area contributed by atoms with Crippen LogP contribution in [0.25, 0.3) is 0 Å². The first kappa shape index (κ1) is 20.0. The van der Waals surface area contributed by atoms with E-state index in [1.54, 1.807) is 12.1 Å². The third kappa shape index (κ3) is 5.08. The maximum absolute atomic E-state index is 12.6. The van der Waals surface area contributed by atoms with E-state index in [0.717, 1.165) is 16.7 Å². The number of carbonyl (C=O) groups is 1. The van der Waals surface area contributed by atoms with E-state index in [9.17, 15) is 13.2 Å². The molecule has 0 aliphatic heterocycles. The minimum atomic E-state index is -3.93. The summed E-state index contributed by atoms with van der Waals surface area (Å²) in [6.45, 7) is 8.25. The van der Waals surface area contributed by atoms with Gasteiger partial charge in [0.25, 0.3) is 10.0 Å². The number of carbonyl (C=O) groups excluding carboxylic acids is 1. The SMILES string of the molecule is CCOc1ccc(S(=O)(=O)NC(=O)Cc2ccc(C)cc2)cc1C(C)C. The molecule has 2 aromatic rings. The summed E-state index contributed by atoms with van der Waals surface area (Å²) in [7, 11) is -3.93. The van der Waals surface area contributed by atoms with E-state index in [0.29, 0.717) is 12.4 Å². The predicted molar refractivity (Wildman–Crippen MR) is 102 cm³/mol. The molecule has 2 aromatic carbocycles. The molecule has 1 N–H and O–H groups in total. The summed E-state index contributed by atoms with van der Waals surface area (Å²) in [4.78, 5) is 12.2. The molecule has 0 bridgehead atoms. The predicted octanol–water partition coefficient (Wildman–Crippen LogP) is 3.56. The normalized spacial score (nSPS) is 11.4. The Labute approximate surface area is 155 Å². The van der Waals surface area contributed by atoms with Crippen LogP contribution in [0.4, 0.5) is 0 Å².